The molecule has 0 aliphatic rings. The molecule has 0 saturated heterocycles. The van der Waals surface area contributed by atoms with E-state index in [0.717, 1.165) is 11.3 Å². The molecule has 3 rings (SSSR count). The summed E-state index contributed by atoms with van der Waals surface area (Å²) >= 11 is 0. The first-order valence-electron chi connectivity index (χ1n) is 10.9. The van der Waals surface area contributed by atoms with Gasteiger partial charge in [-0.2, -0.15) is 5.10 Å². The molecule has 180 valence electrons. The van der Waals surface area contributed by atoms with Crippen LogP contribution in [0.4, 0.5) is 11.5 Å². The van der Waals surface area contributed by atoms with Crippen LogP contribution in [0.3, 0.4) is 0 Å². The first-order chi connectivity index (χ1) is 16.4. The molecule has 2 heterocycles. The van der Waals surface area contributed by atoms with Gasteiger partial charge >= 0.3 is 0 Å². The topological polar surface area (TPSA) is 111 Å². The van der Waals surface area contributed by atoms with Gasteiger partial charge in [-0.25, -0.2) is 4.98 Å². The van der Waals surface area contributed by atoms with Crippen LogP contribution in [0.1, 0.15) is 12.0 Å². The average Bonchev–Trinajstić information content (AvgIpc) is 3.26. The predicted molar refractivity (Wildman–Crippen MR) is 129 cm³/mol. The van der Waals surface area contributed by atoms with E-state index in [1.165, 1.54) is 10.9 Å². The first kappa shape index (κ1) is 24.6. The number of anilines is 2. The third kappa shape index (κ3) is 7.80. The molecule has 0 unspecified atom stereocenters. The number of rotatable bonds is 12. The summed E-state index contributed by atoms with van der Waals surface area (Å²) in [6, 6.07) is 11.3. The van der Waals surface area contributed by atoms with E-state index in [1.54, 1.807) is 43.6 Å². The van der Waals surface area contributed by atoms with Gasteiger partial charge in [-0.05, 0) is 25.1 Å². The number of nitrogens with zero attached hydrogens (tertiary/aromatic N) is 4. The molecule has 34 heavy (non-hydrogen) atoms. The van der Waals surface area contributed by atoms with Gasteiger partial charge in [0.15, 0.2) is 0 Å². The van der Waals surface area contributed by atoms with Crippen molar-refractivity contribution in [2.24, 2.45) is 0 Å². The Hall–Kier alpha value is -4.08. The zero-order chi connectivity index (χ0) is 24.3. The van der Waals surface area contributed by atoms with Crippen LogP contribution in [0, 0.1) is 6.92 Å². The van der Waals surface area contributed by atoms with E-state index in [9.17, 15) is 9.59 Å². The van der Waals surface area contributed by atoms with Crippen LogP contribution < -0.4 is 20.1 Å². The number of aryl methyl sites for hydroxylation is 1. The summed E-state index contributed by atoms with van der Waals surface area (Å²) in [5, 5.41) is 10.0. The number of benzene rings is 1. The van der Waals surface area contributed by atoms with Crippen LogP contribution in [0.2, 0.25) is 0 Å². The summed E-state index contributed by atoms with van der Waals surface area (Å²) in [5.41, 5.74) is 1.69. The zero-order valence-electron chi connectivity index (χ0n) is 19.7. The minimum Gasteiger partial charge on any atom is -0.497 e. The van der Waals surface area contributed by atoms with E-state index >= 15 is 0 Å². The van der Waals surface area contributed by atoms with Crippen LogP contribution in [0.25, 0.3) is 0 Å². The summed E-state index contributed by atoms with van der Waals surface area (Å²) < 4.78 is 12.3. The number of hydrogen-bond donors (Lipinski definition) is 2. The second-order valence-electron chi connectivity index (χ2n) is 7.71. The molecule has 10 nitrogen and oxygen atoms in total. The van der Waals surface area contributed by atoms with Crippen LogP contribution in [-0.4, -0.2) is 65.3 Å². The van der Waals surface area contributed by atoms with Crippen molar-refractivity contribution in [3.63, 3.8) is 0 Å². The van der Waals surface area contributed by atoms with Gasteiger partial charge in [-0.15, -0.1) is 0 Å². The second-order valence-corrected chi connectivity index (χ2v) is 7.71. The summed E-state index contributed by atoms with van der Waals surface area (Å²) in [7, 11) is 3.30. The fraction of sp³-hybridized carbons (Fsp3) is 0.333. The minimum atomic E-state index is -0.174. The maximum Gasteiger partial charge on any atom is 0.244 e. The molecular weight excluding hydrogens is 436 g/mol. The monoisotopic (exact) mass is 466 g/mol. The summed E-state index contributed by atoms with van der Waals surface area (Å²) in [4.78, 5) is 30.4. The number of pyridine rings is 1. The number of aromatic nitrogens is 3. The Bertz CT molecular complexity index is 1080. The fourth-order valence-corrected chi connectivity index (χ4v) is 3.00. The smallest absolute Gasteiger partial charge is 0.244 e. The highest BCUT2D eigenvalue weighted by Gasteiger charge is 2.12. The Morgan fingerprint density at radius 2 is 1.94 bits per heavy atom. The summed E-state index contributed by atoms with van der Waals surface area (Å²) in [6.45, 7) is 3.34. The minimum absolute atomic E-state index is 0.0694. The van der Waals surface area contributed by atoms with Crippen molar-refractivity contribution in [2.45, 2.75) is 19.9 Å². The highest BCUT2D eigenvalue weighted by Crippen LogP contribution is 2.14. The lowest BCUT2D eigenvalue weighted by molar-refractivity contribution is -0.131. The molecule has 0 radical (unpaired) electrons. The Morgan fingerprint density at radius 1 is 1.15 bits per heavy atom. The van der Waals surface area contributed by atoms with Crippen molar-refractivity contribution in [1.29, 1.82) is 0 Å². The molecule has 1 aromatic carbocycles. The molecule has 0 aliphatic heterocycles. The Labute approximate surface area is 198 Å². The molecule has 10 heteroatoms. The van der Waals surface area contributed by atoms with Crippen molar-refractivity contribution < 1.29 is 19.1 Å². The molecule has 0 bridgehead atoms. The lowest BCUT2D eigenvalue weighted by Crippen LogP contribution is -2.33. The second kappa shape index (κ2) is 12.2. The van der Waals surface area contributed by atoms with Gasteiger partial charge in [0.05, 0.1) is 25.5 Å². The molecule has 0 atom stereocenters. The largest absolute Gasteiger partial charge is 0.497 e. The van der Waals surface area contributed by atoms with E-state index in [1.807, 2.05) is 31.2 Å². The normalized spacial score (nSPS) is 10.4. The highest BCUT2D eigenvalue weighted by molar-refractivity contribution is 5.90. The van der Waals surface area contributed by atoms with E-state index in [0.29, 0.717) is 37.0 Å². The van der Waals surface area contributed by atoms with Crippen molar-refractivity contribution in [3.8, 4) is 11.5 Å². The number of carbonyl (C=O) groups excluding carboxylic acids is 2. The van der Waals surface area contributed by atoms with Gasteiger partial charge in [0.1, 0.15) is 30.5 Å². The number of amides is 2. The number of nitrogens with one attached hydrogen (secondary N) is 2. The number of ether oxygens (including phenoxy) is 2. The molecule has 3 aromatic rings. The molecule has 0 spiro atoms. The van der Waals surface area contributed by atoms with Gasteiger partial charge in [-0.3, -0.25) is 14.3 Å². The van der Waals surface area contributed by atoms with Crippen LogP contribution in [-0.2, 0) is 16.1 Å². The highest BCUT2D eigenvalue weighted by atomic mass is 16.5. The van der Waals surface area contributed by atoms with E-state index in [4.69, 9.17) is 9.47 Å². The SMILES string of the molecule is COc1ccnc(NCCC(=O)Nc2cnn(CC(=O)N(C)CCOc3ccc(C)cc3)c2)c1. The lowest BCUT2D eigenvalue weighted by Gasteiger charge is -2.17. The van der Waals surface area contributed by atoms with Gasteiger partial charge < -0.3 is 25.0 Å². The number of likely N-dealkylation sites (N-methyl/N-ethyl adjacent to an activating group) is 1. The van der Waals surface area contributed by atoms with Crippen molar-refractivity contribution in [3.05, 3.63) is 60.6 Å². The summed E-state index contributed by atoms with van der Waals surface area (Å²) in [5.74, 6) is 1.81. The standard InChI is InChI=1S/C24H30N6O4/c1-18-4-6-20(7-5-18)34-13-12-29(2)24(32)17-30-16-19(15-27-30)28-23(31)9-11-26-22-14-21(33-3)8-10-25-22/h4-8,10,14-16H,9,11-13,17H2,1-3H3,(H,25,26)(H,28,31). The fourth-order valence-electron chi connectivity index (χ4n) is 3.00. The van der Waals surface area contributed by atoms with Crippen LogP contribution in [0.5, 0.6) is 11.5 Å². The molecule has 0 saturated carbocycles. The Kier molecular flexibility index (Phi) is 8.84. The predicted octanol–water partition coefficient (Wildman–Crippen LogP) is 2.57. The van der Waals surface area contributed by atoms with Gasteiger partial charge in [-0.1, -0.05) is 17.7 Å². The van der Waals surface area contributed by atoms with Crippen molar-refractivity contribution in [2.75, 3.05) is 44.5 Å². The molecule has 2 aromatic heterocycles. The van der Waals surface area contributed by atoms with E-state index in [2.05, 4.69) is 20.7 Å². The maximum atomic E-state index is 12.5. The third-order valence-corrected chi connectivity index (χ3v) is 4.98. The Morgan fingerprint density at radius 3 is 2.71 bits per heavy atom. The molecular formula is C24H30N6O4. The van der Waals surface area contributed by atoms with E-state index in [-0.39, 0.29) is 24.8 Å². The number of methoxy groups -OCH3 is 1. The molecule has 2 N–H and O–H groups in total. The third-order valence-electron chi connectivity index (χ3n) is 4.98. The Balaban J connectivity index is 1.36. The first-order valence-corrected chi connectivity index (χ1v) is 10.9. The van der Waals surface area contributed by atoms with Crippen molar-refractivity contribution in [1.82, 2.24) is 19.7 Å². The van der Waals surface area contributed by atoms with Crippen LogP contribution >= 0.6 is 0 Å². The van der Waals surface area contributed by atoms with Gasteiger partial charge in [0.2, 0.25) is 11.8 Å². The molecule has 0 aliphatic carbocycles. The number of carbonyl (C=O) groups is 2. The summed E-state index contributed by atoms with van der Waals surface area (Å²) in [6.07, 6.45) is 5.02. The van der Waals surface area contributed by atoms with Gasteiger partial charge in [0, 0.05) is 38.5 Å². The van der Waals surface area contributed by atoms with Gasteiger partial charge in [0.25, 0.3) is 0 Å². The number of hydrogen-bond acceptors (Lipinski definition) is 7. The molecule has 0 fully saturated rings. The van der Waals surface area contributed by atoms with Crippen molar-refractivity contribution >= 4 is 23.3 Å². The lowest BCUT2D eigenvalue weighted by atomic mass is 10.2. The van der Waals surface area contributed by atoms with E-state index < -0.39 is 0 Å². The maximum absolute atomic E-state index is 12.5. The molecule has 2 amide bonds. The average molecular weight is 467 g/mol. The zero-order valence-corrected chi connectivity index (χ0v) is 19.7. The quantitative estimate of drug-likeness (QED) is 0.422. The van der Waals surface area contributed by atoms with Crippen LogP contribution in [0.15, 0.2) is 55.0 Å².